The highest BCUT2D eigenvalue weighted by atomic mass is 19.1. The molecule has 3 nitrogen and oxygen atoms in total. The predicted octanol–water partition coefficient (Wildman–Crippen LogP) is 3.72. The molecule has 0 aliphatic heterocycles. The number of benzene rings is 1. The second-order valence-corrected chi connectivity index (χ2v) is 4.80. The fourth-order valence-corrected chi connectivity index (χ4v) is 1.95. The Hall–Kier alpha value is -1.81. The number of rotatable bonds is 6. The van der Waals surface area contributed by atoms with Crippen LogP contribution in [0.2, 0.25) is 0 Å². The van der Waals surface area contributed by atoms with E-state index in [0.29, 0.717) is 18.9 Å². The fraction of sp³-hybridized carbons (Fsp3) is 0.375. The van der Waals surface area contributed by atoms with Crippen LogP contribution in [0.3, 0.4) is 0 Å². The van der Waals surface area contributed by atoms with E-state index in [2.05, 4.69) is 12.2 Å². The highest BCUT2D eigenvalue weighted by molar-refractivity contribution is 5.32. The second-order valence-electron chi connectivity index (χ2n) is 4.80. The predicted molar refractivity (Wildman–Crippen MR) is 76.3 cm³/mol. The summed E-state index contributed by atoms with van der Waals surface area (Å²) in [5.41, 5.74) is 2.00. The van der Waals surface area contributed by atoms with Crippen LogP contribution < -0.4 is 10.1 Å². The van der Waals surface area contributed by atoms with Crippen LogP contribution in [0.25, 0.3) is 0 Å². The van der Waals surface area contributed by atoms with Gasteiger partial charge < -0.3 is 14.5 Å². The zero-order valence-corrected chi connectivity index (χ0v) is 12.1. The lowest BCUT2D eigenvalue weighted by Gasteiger charge is -2.07. The van der Waals surface area contributed by atoms with Gasteiger partial charge in [-0.05, 0) is 43.7 Å². The number of hydrogen-bond donors (Lipinski definition) is 1. The van der Waals surface area contributed by atoms with E-state index in [-0.39, 0.29) is 5.82 Å². The third-order valence-corrected chi connectivity index (χ3v) is 3.13. The average Bonchev–Trinajstić information content (AvgIpc) is 2.78. The smallest absolute Gasteiger partial charge is 0.146 e. The van der Waals surface area contributed by atoms with Crippen LogP contribution in [0.15, 0.2) is 28.7 Å². The molecule has 2 aromatic rings. The van der Waals surface area contributed by atoms with Gasteiger partial charge in [0.05, 0.1) is 6.54 Å². The number of nitrogens with one attached hydrogen (secondary N) is 1. The molecule has 20 heavy (non-hydrogen) atoms. The molecule has 0 bridgehead atoms. The summed E-state index contributed by atoms with van der Waals surface area (Å²) in [5.74, 6) is 1.92. The number of aryl methyl sites for hydroxylation is 2. The monoisotopic (exact) mass is 277 g/mol. The molecule has 0 radical (unpaired) electrons. The Balaban J connectivity index is 2.02. The van der Waals surface area contributed by atoms with Crippen LogP contribution in [-0.2, 0) is 13.2 Å². The quantitative estimate of drug-likeness (QED) is 0.873. The minimum atomic E-state index is -0.297. The van der Waals surface area contributed by atoms with Gasteiger partial charge in [-0.1, -0.05) is 13.0 Å². The molecular weight excluding hydrogens is 257 g/mol. The third kappa shape index (κ3) is 3.61. The normalized spacial score (nSPS) is 10.8. The van der Waals surface area contributed by atoms with E-state index in [1.807, 2.05) is 19.9 Å². The maximum atomic E-state index is 13.2. The summed E-state index contributed by atoms with van der Waals surface area (Å²) in [4.78, 5) is 0. The molecule has 1 aromatic heterocycles. The van der Waals surface area contributed by atoms with Crippen molar-refractivity contribution in [3.05, 3.63) is 52.7 Å². The molecule has 2 rings (SSSR count). The van der Waals surface area contributed by atoms with E-state index in [0.717, 1.165) is 29.2 Å². The first-order valence-electron chi connectivity index (χ1n) is 6.78. The van der Waals surface area contributed by atoms with Crippen molar-refractivity contribution in [2.24, 2.45) is 0 Å². The molecule has 1 heterocycles. The fourth-order valence-electron chi connectivity index (χ4n) is 1.95. The Morgan fingerprint density at radius 2 is 2.00 bits per heavy atom. The lowest BCUT2D eigenvalue weighted by molar-refractivity contribution is 0.262. The molecule has 0 spiro atoms. The minimum absolute atomic E-state index is 0.297. The van der Waals surface area contributed by atoms with Crippen LogP contribution >= 0.6 is 0 Å². The van der Waals surface area contributed by atoms with Crippen molar-refractivity contribution in [3.63, 3.8) is 0 Å². The molecule has 0 fully saturated rings. The maximum absolute atomic E-state index is 13.2. The zero-order chi connectivity index (χ0) is 14.5. The van der Waals surface area contributed by atoms with Crippen molar-refractivity contribution in [2.45, 2.75) is 33.9 Å². The molecule has 0 aliphatic rings. The Bertz CT molecular complexity index is 578. The summed E-state index contributed by atoms with van der Waals surface area (Å²) in [6.45, 7) is 7.86. The zero-order valence-electron chi connectivity index (χ0n) is 12.1. The van der Waals surface area contributed by atoms with E-state index in [9.17, 15) is 4.39 Å². The lowest BCUT2D eigenvalue weighted by Crippen LogP contribution is -2.11. The summed E-state index contributed by atoms with van der Waals surface area (Å²) < 4.78 is 24.5. The third-order valence-electron chi connectivity index (χ3n) is 3.13. The van der Waals surface area contributed by atoms with Gasteiger partial charge in [0.15, 0.2) is 0 Å². The topological polar surface area (TPSA) is 34.4 Å². The Morgan fingerprint density at radius 3 is 2.75 bits per heavy atom. The molecule has 0 saturated carbocycles. The van der Waals surface area contributed by atoms with Gasteiger partial charge in [0.25, 0.3) is 0 Å². The number of furan rings is 1. The molecule has 108 valence electrons. The first kappa shape index (κ1) is 14.6. The van der Waals surface area contributed by atoms with Crippen LogP contribution in [0.1, 0.15) is 29.6 Å². The first-order chi connectivity index (χ1) is 9.60. The maximum Gasteiger partial charge on any atom is 0.146 e. The highest BCUT2D eigenvalue weighted by Gasteiger charge is 2.09. The van der Waals surface area contributed by atoms with Crippen molar-refractivity contribution >= 4 is 0 Å². The SMILES string of the molecule is CCNCc1oc(COc2cc(F)ccc2C)cc1C. The molecule has 1 N–H and O–H groups in total. The molecule has 4 heteroatoms. The van der Waals surface area contributed by atoms with Crippen molar-refractivity contribution in [2.75, 3.05) is 6.54 Å². The van der Waals surface area contributed by atoms with Crippen LogP contribution in [0.5, 0.6) is 5.75 Å². The number of ether oxygens (including phenoxy) is 1. The number of hydrogen-bond acceptors (Lipinski definition) is 3. The van der Waals surface area contributed by atoms with Crippen molar-refractivity contribution < 1.29 is 13.5 Å². The number of halogens is 1. The first-order valence-corrected chi connectivity index (χ1v) is 6.78. The summed E-state index contributed by atoms with van der Waals surface area (Å²) in [6, 6.07) is 6.48. The molecule has 1 aromatic carbocycles. The summed E-state index contributed by atoms with van der Waals surface area (Å²) in [7, 11) is 0. The van der Waals surface area contributed by atoms with E-state index < -0.39 is 0 Å². The van der Waals surface area contributed by atoms with Crippen LogP contribution in [0.4, 0.5) is 4.39 Å². The van der Waals surface area contributed by atoms with Crippen molar-refractivity contribution in [3.8, 4) is 5.75 Å². The van der Waals surface area contributed by atoms with Gasteiger partial charge >= 0.3 is 0 Å². The van der Waals surface area contributed by atoms with Crippen molar-refractivity contribution in [1.29, 1.82) is 0 Å². The van der Waals surface area contributed by atoms with Crippen LogP contribution in [0, 0.1) is 19.7 Å². The Kier molecular flexibility index (Phi) is 4.79. The molecule has 0 atom stereocenters. The van der Waals surface area contributed by atoms with Gasteiger partial charge in [-0.3, -0.25) is 0 Å². The Morgan fingerprint density at radius 1 is 1.20 bits per heavy atom. The molecule has 0 aliphatic carbocycles. The van der Waals surface area contributed by atoms with E-state index >= 15 is 0 Å². The van der Waals surface area contributed by atoms with Gasteiger partial charge in [-0.25, -0.2) is 4.39 Å². The van der Waals surface area contributed by atoms with Gasteiger partial charge in [0, 0.05) is 6.07 Å². The highest BCUT2D eigenvalue weighted by Crippen LogP contribution is 2.21. The largest absolute Gasteiger partial charge is 0.485 e. The van der Waals surface area contributed by atoms with Gasteiger partial charge in [-0.15, -0.1) is 0 Å². The van der Waals surface area contributed by atoms with Crippen molar-refractivity contribution in [1.82, 2.24) is 5.32 Å². The molecule has 0 saturated heterocycles. The van der Waals surface area contributed by atoms with Gasteiger partial charge in [0.1, 0.15) is 29.7 Å². The minimum Gasteiger partial charge on any atom is -0.485 e. The summed E-state index contributed by atoms with van der Waals surface area (Å²) in [6.07, 6.45) is 0. The van der Waals surface area contributed by atoms with E-state index in [1.165, 1.54) is 12.1 Å². The van der Waals surface area contributed by atoms with Gasteiger partial charge in [-0.2, -0.15) is 0 Å². The molecule has 0 amide bonds. The molecule has 0 unspecified atom stereocenters. The lowest BCUT2D eigenvalue weighted by atomic mass is 10.2. The van der Waals surface area contributed by atoms with Crippen LogP contribution in [-0.4, -0.2) is 6.54 Å². The molecular formula is C16H20FNO2. The van der Waals surface area contributed by atoms with E-state index in [1.54, 1.807) is 6.07 Å². The summed E-state index contributed by atoms with van der Waals surface area (Å²) in [5, 5.41) is 3.22. The second kappa shape index (κ2) is 6.57. The standard InChI is InChI=1S/C16H20FNO2/c1-4-18-9-16-12(3)7-14(20-16)10-19-15-8-13(17)6-5-11(15)2/h5-8,18H,4,9-10H2,1-3H3. The summed E-state index contributed by atoms with van der Waals surface area (Å²) >= 11 is 0. The Labute approximate surface area is 118 Å². The van der Waals surface area contributed by atoms with Gasteiger partial charge in [0.2, 0.25) is 0 Å². The average molecular weight is 277 g/mol. The van der Waals surface area contributed by atoms with E-state index in [4.69, 9.17) is 9.15 Å².